The van der Waals surface area contributed by atoms with E-state index in [1.807, 2.05) is 12.1 Å². The van der Waals surface area contributed by atoms with Crippen LogP contribution in [0.5, 0.6) is 5.75 Å². The standard InChI is InChI=1S/C22H22N6O2S/c1-30-12-8-9-16-15(10-12)13-4-2-6-17(20(13)24-16)25-21(29)19-14-5-3-7-18(14)31-22(19)28-11-23-26-27-28/h8-11,17,24H,2-7H2,1H3,(H,25,29). The maximum Gasteiger partial charge on any atom is 0.255 e. The summed E-state index contributed by atoms with van der Waals surface area (Å²) in [5.41, 5.74) is 5.36. The number of amides is 1. The Kier molecular flexibility index (Phi) is 4.31. The first-order valence-corrected chi connectivity index (χ1v) is 11.4. The predicted octanol–water partition coefficient (Wildman–Crippen LogP) is 3.51. The summed E-state index contributed by atoms with van der Waals surface area (Å²) in [4.78, 5) is 18.4. The van der Waals surface area contributed by atoms with E-state index in [0.29, 0.717) is 0 Å². The van der Waals surface area contributed by atoms with Crippen LogP contribution >= 0.6 is 11.3 Å². The van der Waals surface area contributed by atoms with Crippen molar-refractivity contribution in [3.63, 3.8) is 0 Å². The van der Waals surface area contributed by atoms with Crippen LogP contribution in [0.2, 0.25) is 0 Å². The van der Waals surface area contributed by atoms with Gasteiger partial charge in [0.1, 0.15) is 17.1 Å². The summed E-state index contributed by atoms with van der Waals surface area (Å²) >= 11 is 1.63. The molecule has 0 bridgehead atoms. The Hall–Kier alpha value is -3.20. The second-order valence-corrected chi connectivity index (χ2v) is 9.22. The highest BCUT2D eigenvalue weighted by atomic mass is 32.1. The molecule has 31 heavy (non-hydrogen) atoms. The number of tetrazole rings is 1. The summed E-state index contributed by atoms with van der Waals surface area (Å²) in [6.07, 6.45) is 7.53. The van der Waals surface area contributed by atoms with E-state index in [-0.39, 0.29) is 11.9 Å². The van der Waals surface area contributed by atoms with E-state index in [1.165, 1.54) is 15.8 Å². The molecule has 1 atom stereocenters. The number of aromatic nitrogens is 5. The molecule has 0 aliphatic heterocycles. The van der Waals surface area contributed by atoms with E-state index in [9.17, 15) is 4.79 Å². The minimum absolute atomic E-state index is 0.0426. The van der Waals surface area contributed by atoms with E-state index in [1.54, 1.807) is 29.5 Å². The molecule has 9 heteroatoms. The molecule has 1 amide bonds. The highest BCUT2D eigenvalue weighted by Gasteiger charge is 2.31. The number of fused-ring (bicyclic) bond motifs is 4. The minimum atomic E-state index is -0.0479. The summed E-state index contributed by atoms with van der Waals surface area (Å²) in [5.74, 6) is 0.805. The molecule has 1 unspecified atom stereocenters. The zero-order valence-electron chi connectivity index (χ0n) is 17.1. The lowest BCUT2D eigenvalue weighted by atomic mass is 9.91. The molecule has 2 aliphatic rings. The number of carbonyl (C=O) groups is 1. The van der Waals surface area contributed by atoms with E-state index in [4.69, 9.17) is 4.74 Å². The lowest BCUT2D eigenvalue weighted by molar-refractivity contribution is 0.0931. The first kappa shape index (κ1) is 18.6. The van der Waals surface area contributed by atoms with Crippen molar-refractivity contribution in [1.29, 1.82) is 0 Å². The molecular weight excluding hydrogens is 412 g/mol. The van der Waals surface area contributed by atoms with Gasteiger partial charge in [-0.05, 0) is 78.3 Å². The number of thiophene rings is 1. The molecule has 158 valence electrons. The van der Waals surface area contributed by atoms with E-state index >= 15 is 0 Å². The van der Waals surface area contributed by atoms with Gasteiger partial charge in [-0.15, -0.1) is 16.4 Å². The number of hydrogen-bond acceptors (Lipinski definition) is 6. The Morgan fingerprint density at radius 3 is 3.00 bits per heavy atom. The molecule has 0 fully saturated rings. The fourth-order valence-electron chi connectivity index (χ4n) is 4.98. The first-order valence-electron chi connectivity index (χ1n) is 10.6. The average molecular weight is 435 g/mol. The van der Waals surface area contributed by atoms with E-state index < -0.39 is 0 Å². The lowest BCUT2D eigenvalue weighted by Gasteiger charge is -2.24. The Morgan fingerprint density at radius 2 is 2.16 bits per heavy atom. The van der Waals surface area contributed by atoms with Crippen molar-refractivity contribution in [3.05, 3.63) is 51.8 Å². The SMILES string of the molecule is COc1ccc2[nH]c3c(c2c1)CCCC3NC(=O)c1c(-n2cnnn2)sc2c1CCC2. The second-order valence-electron chi connectivity index (χ2n) is 8.14. The van der Waals surface area contributed by atoms with Crippen LogP contribution < -0.4 is 10.1 Å². The average Bonchev–Trinajstić information content (AvgIpc) is 3.55. The Morgan fingerprint density at radius 1 is 1.26 bits per heavy atom. The number of ether oxygens (including phenoxy) is 1. The molecule has 0 saturated heterocycles. The zero-order valence-corrected chi connectivity index (χ0v) is 18.0. The van der Waals surface area contributed by atoms with Crippen LogP contribution in [0, 0.1) is 0 Å². The molecule has 2 aliphatic carbocycles. The monoisotopic (exact) mass is 434 g/mol. The second kappa shape index (κ2) is 7.19. The van der Waals surface area contributed by atoms with Crippen LogP contribution in [0.1, 0.15) is 57.4 Å². The molecule has 1 aromatic carbocycles. The van der Waals surface area contributed by atoms with Gasteiger partial charge in [-0.1, -0.05) is 0 Å². The summed E-state index contributed by atoms with van der Waals surface area (Å²) in [7, 11) is 1.69. The molecule has 3 heterocycles. The zero-order chi connectivity index (χ0) is 20.9. The molecular formula is C22H22N6O2S. The number of H-pyrrole nitrogens is 1. The van der Waals surface area contributed by atoms with Gasteiger partial charge in [-0.3, -0.25) is 4.79 Å². The number of carbonyl (C=O) groups excluding carboxylic acids is 1. The normalized spacial score (nSPS) is 17.5. The molecule has 3 aromatic heterocycles. The van der Waals surface area contributed by atoms with Gasteiger partial charge >= 0.3 is 0 Å². The fourth-order valence-corrected chi connectivity index (χ4v) is 6.29. The third kappa shape index (κ3) is 2.95. The maximum atomic E-state index is 13.6. The Labute approximate surface area is 182 Å². The number of benzene rings is 1. The summed E-state index contributed by atoms with van der Waals surface area (Å²) in [5, 5.41) is 16.9. The first-order chi connectivity index (χ1) is 15.2. The lowest BCUT2D eigenvalue weighted by Crippen LogP contribution is -2.32. The van der Waals surface area contributed by atoms with E-state index in [2.05, 4.69) is 31.9 Å². The molecule has 4 aromatic rings. The van der Waals surface area contributed by atoms with Crippen molar-refractivity contribution in [1.82, 2.24) is 30.5 Å². The Balaban J connectivity index is 1.37. The van der Waals surface area contributed by atoms with Gasteiger partial charge in [0, 0.05) is 21.5 Å². The van der Waals surface area contributed by atoms with Gasteiger partial charge in [0.15, 0.2) is 0 Å². The topological polar surface area (TPSA) is 97.7 Å². The highest BCUT2D eigenvalue weighted by Crippen LogP contribution is 2.39. The van der Waals surface area contributed by atoms with Crippen molar-refractivity contribution in [2.75, 3.05) is 7.11 Å². The Bertz CT molecular complexity index is 1290. The summed E-state index contributed by atoms with van der Waals surface area (Å²) < 4.78 is 7.02. The van der Waals surface area contributed by atoms with Crippen LogP contribution in [0.25, 0.3) is 15.9 Å². The molecule has 0 radical (unpaired) electrons. The fraction of sp³-hybridized carbons (Fsp3) is 0.364. The smallest absolute Gasteiger partial charge is 0.255 e. The molecule has 8 nitrogen and oxygen atoms in total. The molecule has 2 N–H and O–H groups in total. The summed E-state index contributed by atoms with van der Waals surface area (Å²) in [6.45, 7) is 0. The number of nitrogens with one attached hydrogen (secondary N) is 2. The number of aromatic amines is 1. The number of hydrogen-bond donors (Lipinski definition) is 2. The van der Waals surface area contributed by atoms with Crippen LogP contribution in [0.3, 0.4) is 0 Å². The predicted molar refractivity (Wildman–Crippen MR) is 117 cm³/mol. The van der Waals surface area contributed by atoms with Gasteiger partial charge in [0.2, 0.25) is 0 Å². The number of nitrogens with zero attached hydrogens (tertiary/aromatic N) is 4. The van der Waals surface area contributed by atoms with Crippen LogP contribution in [0.4, 0.5) is 0 Å². The van der Waals surface area contributed by atoms with Gasteiger partial charge in [-0.25, -0.2) is 0 Å². The van der Waals surface area contributed by atoms with E-state index in [0.717, 1.165) is 71.6 Å². The van der Waals surface area contributed by atoms with Crippen molar-refractivity contribution < 1.29 is 9.53 Å². The van der Waals surface area contributed by atoms with Crippen molar-refractivity contribution in [2.45, 2.75) is 44.6 Å². The quantitative estimate of drug-likeness (QED) is 0.512. The van der Waals surface area contributed by atoms with Crippen molar-refractivity contribution in [2.24, 2.45) is 0 Å². The van der Waals surface area contributed by atoms with Gasteiger partial charge in [-0.2, -0.15) is 4.68 Å². The van der Waals surface area contributed by atoms with Crippen molar-refractivity contribution in [3.8, 4) is 10.8 Å². The van der Waals surface area contributed by atoms with Gasteiger partial charge in [0.25, 0.3) is 5.91 Å². The van der Waals surface area contributed by atoms with Crippen LogP contribution in [-0.4, -0.2) is 38.2 Å². The summed E-state index contributed by atoms with van der Waals surface area (Å²) in [6, 6.07) is 6.04. The number of methoxy groups -OCH3 is 1. The third-order valence-electron chi connectivity index (χ3n) is 6.41. The molecule has 0 saturated carbocycles. The number of rotatable bonds is 4. The molecule has 0 spiro atoms. The molecule has 6 rings (SSSR count). The number of aryl methyl sites for hydroxylation is 2. The largest absolute Gasteiger partial charge is 0.497 e. The van der Waals surface area contributed by atoms with Crippen LogP contribution in [-0.2, 0) is 19.3 Å². The third-order valence-corrected chi connectivity index (χ3v) is 7.69. The minimum Gasteiger partial charge on any atom is -0.497 e. The maximum absolute atomic E-state index is 13.6. The van der Waals surface area contributed by atoms with Crippen molar-refractivity contribution >= 4 is 28.1 Å². The van der Waals surface area contributed by atoms with Gasteiger partial charge < -0.3 is 15.0 Å². The highest BCUT2D eigenvalue weighted by molar-refractivity contribution is 7.15. The van der Waals surface area contributed by atoms with Crippen LogP contribution in [0.15, 0.2) is 24.5 Å². The van der Waals surface area contributed by atoms with Gasteiger partial charge in [0.05, 0.1) is 18.7 Å².